The van der Waals surface area contributed by atoms with Crippen molar-refractivity contribution in [1.82, 2.24) is 9.55 Å². The van der Waals surface area contributed by atoms with E-state index < -0.39 is 5.91 Å². The molecule has 1 N–H and O–H groups in total. The monoisotopic (exact) mass is 387 g/mol. The Hall–Kier alpha value is -3.84. The average Bonchev–Trinajstić information content (AvgIpc) is 3.21. The summed E-state index contributed by atoms with van der Waals surface area (Å²) in [5.74, 6) is -0.0836. The molecule has 0 fully saturated rings. The Morgan fingerprint density at radius 2 is 1.72 bits per heavy atom. The molecule has 7 nitrogen and oxygen atoms in total. The number of nitroso groups, excluding NO2 is 1. The molecular weight excluding hydrogens is 370 g/mol. The van der Waals surface area contributed by atoms with E-state index in [4.69, 9.17) is 9.84 Å². The summed E-state index contributed by atoms with van der Waals surface area (Å²) >= 11 is 0. The van der Waals surface area contributed by atoms with Crippen LogP contribution in [0.2, 0.25) is 0 Å². The highest BCUT2D eigenvalue weighted by atomic mass is 16.5. The van der Waals surface area contributed by atoms with Gasteiger partial charge in [0, 0.05) is 16.4 Å². The number of ether oxygens (including phenoxy) is 1. The molecule has 0 aliphatic heterocycles. The topological polar surface area (TPSA) is 93.8 Å². The number of amides is 1. The molecule has 0 unspecified atom stereocenters. The molecule has 0 radical (unpaired) electrons. The summed E-state index contributed by atoms with van der Waals surface area (Å²) in [5, 5.41) is 11.3. The third-order valence-electron chi connectivity index (χ3n) is 4.57. The van der Waals surface area contributed by atoms with E-state index in [2.05, 4.69) is 10.2 Å². The zero-order chi connectivity index (χ0) is 20.2. The zero-order valence-electron chi connectivity index (χ0n) is 15.4. The summed E-state index contributed by atoms with van der Waals surface area (Å²) in [6.45, 7) is 0.236. The number of fused-ring (bicyclic) bond motifs is 1. The van der Waals surface area contributed by atoms with Gasteiger partial charge >= 0.3 is 5.91 Å². The number of imidazole rings is 1. The maximum Gasteiger partial charge on any atom is 0.316 e. The number of carbonyl (C=O) groups excluding carboxylic acids is 1. The van der Waals surface area contributed by atoms with Gasteiger partial charge in [-0.3, -0.25) is 9.36 Å². The van der Waals surface area contributed by atoms with Crippen LogP contribution in [0.25, 0.3) is 27.8 Å². The molecule has 1 aromatic heterocycles. The fourth-order valence-electron chi connectivity index (χ4n) is 3.12. The lowest BCUT2D eigenvalue weighted by atomic mass is 10.0. The number of aromatic nitrogens is 2. The van der Waals surface area contributed by atoms with Gasteiger partial charge in [0.05, 0.1) is 17.6 Å². The quantitative estimate of drug-likeness (QED) is 0.505. The van der Waals surface area contributed by atoms with Gasteiger partial charge in [-0.05, 0) is 59.7 Å². The van der Waals surface area contributed by atoms with Crippen LogP contribution in [-0.2, 0) is 0 Å². The minimum Gasteiger partial charge on any atom is -0.491 e. The van der Waals surface area contributed by atoms with Crippen molar-refractivity contribution < 1.29 is 14.6 Å². The Kier molecular flexibility index (Phi) is 5.13. The van der Waals surface area contributed by atoms with Gasteiger partial charge in [-0.25, -0.2) is 4.98 Å². The molecule has 0 spiro atoms. The summed E-state index contributed by atoms with van der Waals surface area (Å²) in [7, 11) is 0. The van der Waals surface area contributed by atoms with Gasteiger partial charge in [0.1, 0.15) is 18.7 Å². The number of aliphatic hydroxyl groups is 1. The van der Waals surface area contributed by atoms with Crippen LogP contribution in [0.4, 0.5) is 0 Å². The van der Waals surface area contributed by atoms with Crippen molar-refractivity contribution in [3.05, 3.63) is 83.5 Å². The summed E-state index contributed by atoms with van der Waals surface area (Å²) in [4.78, 5) is 26.2. The number of hydrogen-bond acceptors (Lipinski definition) is 5. The second-order valence-corrected chi connectivity index (χ2v) is 6.36. The van der Waals surface area contributed by atoms with Crippen LogP contribution in [0.15, 0.2) is 78.2 Å². The minimum atomic E-state index is -0.779. The number of hydrogen-bond donors (Lipinski definition) is 1. The predicted molar refractivity (Wildman–Crippen MR) is 109 cm³/mol. The second kappa shape index (κ2) is 8.04. The highest BCUT2D eigenvalue weighted by molar-refractivity contribution is 5.95. The molecule has 4 rings (SSSR count). The number of nitrogens with zero attached hydrogens (tertiary/aromatic N) is 3. The first kappa shape index (κ1) is 18.5. The van der Waals surface area contributed by atoms with Crippen LogP contribution in [0.3, 0.4) is 0 Å². The third kappa shape index (κ3) is 3.76. The van der Waals surface area contributed by atoms with Crippen LogP contribution in [0.1, 0.15) is 10.4 Å². The molecule has 0 aliphatic rings. The Morgan fingerprint density at radius 3 is 2.41 bits per heavy atom. The van der Waals surface area contributed by atoms with Crippen LogP contribution in [-0.4, -0.2) is 33.8 Å². The van der Waals surface area contributed by atoms with Crippen LogP contribution in [0, 0.1) is 4.91 Å². The maximum atomic E-state index is 11.3. The number of aliphatic hydroxyl groups excluding tert-OH is 1. The van der Waals surface area contributed by atoms with Crippen molar-refractivity contribution in [2.75, 3.05) is 13.2 Å². The normalized spacial score (nSPS) is 10.8. The Balaban J connectivity index is 1.62. The van der Waals surface area contributed by atoms with E-state index in [-0.39, 0.29) is 18.8 Å². The predicted octanol–water partition coefficient (Wildman–Crippen LogP) is 3.97. The molecule has 0 aliphatic carbocycles. The fraction of sp³-hybridized carbons (Fsp3) is 0.0909. The molecule has 0 saturated carbocycles. The van der Waals surface area contributed by atoms with Crippen molar-refractivity contribution in [1.29, 1.82) is 0 Å². The molecule has 3 aromatic carbocycles. The van der Waals surface area contributed by atoms with Crippen molar-refractivity contribution in [2.45, 2.75) is 0 Å². The van der Waals surface area contributed by atoms with Crippen molar-refractivity contribution in [3.63, 3.8) is 0 Å². The highest BCUT2D eigenvalue weighted by Gasteiger charge is 2.09. The second-order valence-electron chi connectivity index (χ2n) is 6.36. The number of benzene rings is 3. The molecule has 29 heavy (non-hydrogen) atoms. The van der Waals surface area contributed by atoms with E-state index in [0.29, 0.717) is 5.75 Å². The summed E-state index contributed by atoms with van der Waals surface area (Å²) in [6, 6.07) is 20.2. The van der Waals surface area contributed by atoms with E-state index >= 15 is 0 Å². The van der Waals surface area contributed by atoms with E-state index in [9.17, 15) is 9.70 Å². The lowest BCUT2D eigenvalue weighted by Crippen LogP contribution is -2.01. The van der Waals surface area contributed by atoms with Gasteiger partial charge < -0.3 is 9.84 Å². The van der Waals surface area contributed by atoms with Crippen LogP contribution >= 0.6 is 0 Å². The zero-order valence-corrected chi connectivity index (χ0v) is 15.4. The van der Waals surface area contributed by atoms with Gasteiger partial charge in [0.25, 0.3) is 0 Å². The van der Waals surface area contributed by atoms with Crippen molar-refractivity contribution in [3.8, 4) is 22.6 Å². The Labute approximate surface area is 166 Å². The van der Waals surface area contributed by atoms with Gasteiger partial charge in [0.2, 0.25) is 0 Å². The van der Waals surface area contributed by atoms with Crippen LogP contribution in [0.5, 0.6) is 5.75 Å². The molecule has 4 aromatic rings. The van der Waals surface area contributed by atoms with E-state index in [1.54, 1.807) is 30.6 Å². The van der Waals surface area contributed by atoms with E-state index in [1.807, 2.05) is 47.0 Å². The smallest absolute Gasteiger partial charge is 0.316 e. The van der Waals surface area contributed by atoms with Crippen molar-refractivity contribution >= 4 is 16.9 Å². The molecule has 1 amide bonds. The molecule has 0 atom stereocenters. The summed E-state index contributed by atoms with van der Waals surface area (Å²) < 4.78 is 7.37. The average molecular weight is 387 g/mol. The van der Waals surface area contributed by atoms with Gasteiger partial charge in [0.15, 0.2) is 0 Å². The first-order valence-electron chi connectivity index (χ1n) is 8.99. The lowest BCUT2D eigenvalue weighted by molar-refractivity contribution is 0.100. The molecule has 1 heterocycles. The summed E-state index contributed by atoms with van der Waals surface area (Å²) in [5.41, 5.74) is 4.86. The fourth-order valence-corrected chi connectivity index (χ4v) is 3.12. The largest absolute Gasteiger partial charge is 0.491 e. The maximum absolute atomic E-state index is 11.3. The van der Waals surface area contributed by atoms with E-state index in [0.717, 1.165) is 27.8 Å². The molecular formula is C22H17N3O4. The van der Waals surface area contributed by atoms with Gasteiger partial charge in [-0.1, -0.05) is 18.2 Å². The van der Waals surface area contributed by atoms with Gasteiger partial charge in [-0.2, -0.15) is 0 Å². The molecule has 0 saturated heterocycles. The van der Waals surface area contributed by atoms with Gasteiger partial charge in [-0.15, -0.1) is 4.91 Å². The first-order chi connectivity index (χ1) is 14.2. The van der Waals surface area contributed by atoms with Crippen molar-refractivity contribution in [2.24, 2.45) is 5.18 Å². The lowest BCUT2D eigenvalue weighted by Gasteiger charge is -2.08. The highest BCUT2D eigenvalue weighted by Crippen LogP contribution is 2.26. The molecule has 144 valence electrons. The minimum absolute atomic E-state index is 0.0246. The number of rotatable bonds is 6. The number of carbonyl (C=O) groups is 1. The standard InChI is InChI=1S/C22H17N3O4/c26-11-12-29-19-8-6-18(7-9-19)25-14-23-20-13-17(5-10-21(20)25)15-1-3-16(4-2-15)22(27)24-28/h1-10,13-14,26H,11-12H2. The third-order valence-corrected chi connectivity index (χ3v) is 4.57. The van der Waals surface area contributed by atoms with E-state index in [1.165, 1.54) is 0 Å². The Bertz CT molecular complexity index is 1170. The Morgan fingerprint density at radius 1 is 1.00 bits per heavy atom. The molecule has 7 heteroatoms. The SMILES string of the molecule is O=NC(=O)c1ccc(-c2ccc3c(c2)ncn3-c2ccc(OCCO)cc2)cc1. The summed E-state index contributed by atoms with van der Waals surface area (Å²) in [6.07, 6.45) is 1.76. The first-order valence-corrected chi connectivity index (χ1v) is 8.99. The van der Waals surface area contributed by atoms with Crippen LogP contribution < -0.4 is 4.74 Å². The molecule has 0 bridgehead atoms.